The van der Waals surface area contributed by atoms with Crippen molar-refractivity contribution in [2.24, 2.45) is 10.2 Å². The molecule has 2 N–H and O–H groups in total. The number of carbonyl (C=O) groups is 2. The van der Waals surface area contributed by atoms with Crippen LogP contribution in [0.5, 0.6) is 0 Å². The number of rotatable bonds is 9. The Bertz CT molecular complexity index is 1720. The molecule has 1 atom stereocenters. The van der Waals surface area contributed by atoms with Crippen molar-refractivity contribution in [1.29, 1.82) is 0 Å². The van der Waals surface area contributed by atoms with Crippen LogP contribution in [0.1, 0.15) is 22.6 Å². The van der Waals surface area contributed by atoms with Gasteiger partial charge >= 0.3 is 12.1 Å². The normalized spacial score (nSPS) is 12.8. The van der Waals surface area contributed by atoms with Crippen LogP contribution in [0.4, 0.5) is 16.2 Å². The molecule has 0 radical (unpaired) electrons. The number of ether oxygens (including phenoxy) is 1. The molecule has 0 aliphatic heterocycles. The van der Waals surface area contributed by atoms with Gasteiger partial charge in [0, 0.05) is 12.3 Å². The number of amides is 1. The summed E-state index contributed by atoms with van der Waals surface area (Å²) in [5.74, 6) is -1.23. The molecule has 7 heteroatoms. The summed E-state index contributed by atoms with van der Waals surface area (Å²) in [6.07, 6.45) is -0.631. The maximum Gasteiger partial charge on any atom is 0.407 e. The molecule has 0 aromatic heterocycles. The summed E-state index contributed by atoms with van der Waals surface area (Å²) in [5.41, 5.74) is 8.73. The van der Waals surface area contributed by atoms with E-state index in [-0.39, 0.29) is 18.9 Å². The minimum Gasteiger partial charge on any atom is -0.480 e. The molecule has 7 nitrogen and oxygen atoms in total. The Morgan fingerprint density at radius 2 is 1.19 bits per heavy atom. The van der Waals surface area contributed by atoms with E-state index in [2.05, 4.69) is 27.7 Å². The topological polar surface area (TPSA) is 100 Å². The van der Waals surface area contributed by atoms with Gasteiger partial charge in [0.25, 0.3) is 0 Å². The Labute approximate surface area is 249 Å². The van der Waals surface area contributed by atoms with E-state index < -0.39 is 18.1 Å². The highest BCUT2D eigenvalue weighted by atomic mass is 16.5. The van der Waals surface area contributed by atoms with Crippen LogP contribution in [0.15, 0.2) is 138 Å². The molecule has 1 aliphatic carbocycles. The number of carboxylic acid groups (broad SMARTS) is 1. The molecule has 0 heterocycles. The molecule has 212 valence electrons. The van der Waals surface area contributed by atoms with Crippen LogP contribution in [0.3, 0.4) is 0 Å². The predicted octanol–water partition coefficient (Wildman–Crippen LogP) is 8.30. The monoisotopic (exact) mass is 567 g/mol. The highest BCUT2D eigenvalue weighted by molar-refractivity contribution is 5.81. The Kier molecular flexibility index (Phi) is 8.04. The van der Waals surface area contributed by atoms with Crippen LogP contribution >= 0.6 is 0 Å². The molecule has 0 unspecified atom stereocenters. The van der Waals surface area contributed by atoms with Gasteiger partial charge in [-0.25, -0.2) is 9.59 Å². The van der Waals surface area contributed by atoms with Gasteiger partial charge in [0.1, 0.15) is 12.6 Å². The van der Waals surface area contributed by atoms with E-state index in [0.717, 1.165) is 50.3 Å². The van der Waals surface area contributed by atoms with Crippen molar-refractivity contribution < 1.29 is 19.4 Å². The molecule has 0 saturated heterocycles. The van der Waals surface area contributed by atoms with Crippen molar-refractivity contribution >= 4 is 23.4 Å². The van der Waals surface area contributed by atoms with Crippen LogP contribution in [-0.2, 0) is 16.0 Å². The Balaban J connectivity index is 1.06. The van der Waals surface area contributed by atoms with Crippen molar-refractivity contribution in [1.82, 2.24) is 5.32 Å². The number of azo groups is 1. The average Bonchev–Trinajstić information content (AvgIpc) is 3.37. The number of benzene rings is 5. The number of carbonyl (C=O) groups excluding carboxylic acids is 1. The maximum atomic E-state index is 12.7. The van der Waals surface area contributed by atoms with E-state index >= 15 is 0 Å². The van der Waals surface area contributed by atoms with Gasteiger partial charge in [-0.2, -0.15) is 10.2 Å². The largest absolute Gasteiger partial charge is 0.480 e. The second-order valence-electron chi connectivity index (χ2n) is 10.3. The fraction of sp³-hybridized carbons (Fsp3) is 0.111. The smallest absolute Gasteiger partial charge is 0.407 e. The molecule has 0 saturated carbocycles. The van der Waals surface area contributed by atoms with Gasteiger partial charge in [-0.05, 0) is 63.2 Å². The third-order valence-electron chi connectivity index (χ3n) is 7.57. The Morgan fingerprint density at radius 1 is 0.674 bits per heavy atom. The number of hydrogen-bond donors (Lipinski definition) is 2. The van der Waals surface area contributed by atoms with Gasteiger partial charge in [-0.1, -0.05) is 103 Å². The number of nitrogens with zero attached hydrogens (tertiary/aromatic N) is 2. The second kappa shape index (κ2) is 12.5. The van der Waals surface area contributed by atoms with Gasteiger partial charge in [0.05, 0.1) is 11.4 Å². The van der Waals surface area contributed by atoms with Gasteiger partial charge in [0.2, 0.25) is 0 Å². The summed E-state index contributed by atoms with van der Waals surface area (Å²) in [5, 5.41) is 20.9. The third-order valence-corrected chi connectivity index (χ3v) is 7.57. The molecule has 0 bridgehead atoms. The number of fused-ring (bicyclic) bond motifs is 3. The Morgan fingerprint density at radius 3 is 1.77 bits per heavy atom. The van der Waals surface area contributed by atoms with Crippen LogP contribution in [0.25, 0.3) is 22.3 Å². The van der Waals surface area contributed by atoms with E-state index in [0.29, 0.717) is 0 Å². The number of carboxylic acids is 1. The van der Waals surface area contributed by atoms with Crippen molar-refractivity contribution in [3.63, 3.8) is 0 Å². The van der Waals surface area contributed by atoms with E-state index in [1.165, 1.54) is 0 Å². The first-order chi connectivity index (χ1) is 21.0. The highest BCUT2D eigenvalue weighted by Gasteiger charge is 2.29. The third kappa shape index (κ3) is 6.36. The molecule has 5 aromatic carbocycles. The number of aliphatic carboxylic acids is 1. The molecule has 0 spiro atoms. The molecular formula is C36H29N3O4. The quantitative estimate of drug-likeness (QED) is 0.175. The fourth-order valence-corrected chi connectivity index (χ4v) is 5.38. The van der Waals surface area contributed by atoms with Crippen molar-refractivity contribution in [2.45, 2.75) is 18.4 Å². The van der Waals surface area contributed by atoms with Crippen LogP contribution in [0, 0.1) is 0 Å². The summed E-state index contributed by atoms with van der Waals surface area (Å²) in [4.78, 5) is 24.7. The summed E-state index contributed by atoms with van der Waals surface area (Å²) in [6.45, 7) is 0.118. The zero-order chi connectivity index (χ0) is 29.6. The lowest BCUT2D eigenvalue weighted by Crippen LogP contribution is -2.42. The standard InChI is InChI=1S/C36H29N3O4/c40-35(41)34(37-36(42)43-23-33-31-12-6-4-10-29(31)30-11-5-7-13-32(30)33)22-24-14-16-25(17-15-24)26-18-20-28(21-19-26)39-38-27-8-2-1-3-9-27/h1-21,33-34H,22-23H2,(H,37,42)(H,40,41)/b39-38+/t34-/m0/s1. The van der Waals surface area contributed by atoms with Crippen molar-refractivity contribution in [3.05, 3.63) is 144 Å². The Hall–Kier alpha value is -5.56. The maximum absolute atomic E-state index is 12.7. The lowest BCUT2D eigenvalue weighted by Gasteiger charge is -2.17. The lowest BCUT2D eigenvalue weighted by atomic mass is 9.98. The SMILES string of the molecule is O=C(N[C@@H](Cc1ccc(-c2ccc(/N=N/c3ccccc3)cc2)cc1)C(=O)O)OCC1c2ccccc2-c2ccccc21. The first-order valence-corrected chi connectivity index (χ1v) is 14.1. The van der Waals surface area contributed by atoms with Gasteiger partial charge in [-0.3, -0.25) is 0 Å². The van der Waals surface area contributed by atoms with Crippen molar-refractivity contribution in [2.75, 3.05) is 6.61 Å². The summed E-state index contributed by atoms with van der Waals surface area (Å²) >= 11 is 0. The average molecular weight is 568 g/mol. The minimum absolute atomic E-state index is 0.102. The van der Waals surface area contributed by atoms with Gasteiger partial charge in [-0.15, -0.1) is 0 Å². The van der Waals surface area contributed by atoms with Gasteiger partial charge in [0.15, 0.2) is 0 Å². The molecule has 1 aliphatic rings. The van der Waals surface area contributed by atoms with Crippen molar-refractivity contribution in [3.8, 4) is 22.3 Å². The summed E-state index contributed by atoms with van der Waals surface area (Å²) in [6, 6.07) is 39.9. The molecule has 1 amide bonds. The van der Waals surface area contributed by atoms with Gasteiger partial charge < -0.3 is 15.2 Å². The highest BCUT2D eigenvalue weighted by Crippen LogP contribution is 2.44. The zero-order valence-electron chi connectivity index (χ0n) is 23.3. The summed E-state index contributed by atoms with van der Waals surface area (Å²) < 4.78 is 5.56. The first-order valence-electron chi connectivity index (χ1n) is 14.1. The summed E-state index contributed by atoms with van der Waals surface area (Å²) in [7, 11) is 0. The van der Waals surface area contributed by atoms with Crippen LogP contribution in [-0.4, -0.2) is 29.8 Å². The number of nitrogens with one attached hydrogen (secondary N) is 1. The molecule has 5 aromatic rings. The fourth-order valence-electron chi connectivity index (χ4n) is 5.38. The van der Waals surface area contributed by atoms with Crippen LogP contribution in [0.2, 0.25) is 0 Å². The zero-order valence-corrected chi connectivity index (χ0v) is 23.3. The van der Waals surface area contributed by atoms with E-state index in [4.69, 9.17) is 4.74 Å². The first kappa shape index (κ1) is 27.6. The number of hydrogen-bond acceptors (Lipinski definition) is 5. The van der Waals surface area contributed by atoms with Crippen LogP contribution < -0.4 is 5.32 Å². The predicted molar refractivity (Wildman–Crippen MR) is 166 cm³/mol. The van der Waals surface area contributed by atoms with E-state index in [1.807, 2.05) is 115 Å². The van der Waals surface area contributed by atoms with E-state index in [9.17, 15) is 14.7 Å². The second-order valence-corrected chi connectivity index (χ2v) is 10.3. The molecule has 43 heavy (non-hydrogen) atoms. The lowest BCUT2D eigenvalue weighted by molar-refractivity contribution is -0.139. The number of alkyl carbamates (subject to hydrolysis) is 1. The minimum atomic E-state index is -1.13. The molecular weight excluding hydrogens is 538 g/mol. The molecule has 0 fully saturated rings. The molecule has 6 rings (SSSR count). The van der Waals surface area contributed by atoms with E-state index in [1.54, 1.807) is 0 Å².